The minimum absolute atomic E-state index is 0.128. The van der Waals surface area contributed by atoms with Gasteiger partial charge >= 0.3 is 0 Å². The summed E-state index contributed by atoms with van der Waals surface area (Å²) in [6.07, 6.45) is 1.55. The van der Waals surface area contributed by atoms with Crippen LogP contribution in [0.25, 0.3) is 6.08 Å². The number of halogens is 1. The van der Waals surface area contributed by atoms with Crippen LogP contribution in [0, 0.1) is 5.82 Å². The summed E-state index contributed by atoms with van der Waals surface area (Å²) in [7, 11) is -3.35. The fraction of sp³-hybridized carbons (Fsp3) is 0.0667. The molecule has 0 aliphatic carbocycles. The average Bonchev–Trinajstić information content (AvgIpc) is 2.40. The van der Waals surface area contributed by atoms with Crippen molar-refractivity contribution in [3.05, 3.63) is 76.9 Å². The van der Waals surface area contributed by atoms with Gasteiger partial charge in [-0.25, -0.2) is 12.8 Å². The molecule has 0 saturated carbocycles. The molecule has 0 unspecified atom stereocenters. The third-order valence-electron chi connectivity index (χ3n) is 2.55. The summed E-state index contributed by atoms with van der Waals surface area (Å²) < 4.78 is 36.5. The molecule has 2 aromatic carbocycles. The van der Waals surface area contributed by atoms with Gasteiger partial charge in [-0.1, -0.05) is 42.5 Å². The molecule has 2 aromatic rings. The Morgan fingerprint density at radius 3 is 2.21 bits per heavy atom. The molecule has 0 radical (unpaired) electrons. The molecular weight excluding hydrogens is 263 g/mol. The first-order valence-electron chi connectivity index (χ1n) is 5.75. The molecule has 98 valence electrons. The van der Waals surface area contributed by atoms with Gasteiger partial charge in [0, 0.05) is 5.41 Å². The normalized spacial score (nSPS) is 11.8. The Balaban J connectivity index is 2.11. The van der Waals surface area contributed by atoms with Crippen LogP contribution >= 0.6 is 0 Å². The predicted molar refractivity (Wildman–Crippen MR) is 74.5 cm³/mol. The zero-order valence-corrected chi connectivity index (χ0v) is 11.0. The van der Waals surface area contributed by atoms with Crippen molar-refractivity contribution in [1.82, 2.24) is 0 Å². The molecule has 19 heavy (non-hydrogen) atoms. The lowest BCUT2D eigenvalue weighted by Crippen LogP contribution is -1.99. The molecule has 0 atom stereocenters. The van der Waals surface area contributed by atoms with Gasteiger partial charge in [0.2, 0.25) is 0 Å². The highest BCUT2D eigenvalue weighted by Crippen LogP contribution is 2.11. The van der Waals surface area contributed by atoms with E-state index in [4.69, 9.17) is 0 Å². The van der Waals surface area contributed by atoms with E-state index in [0.717, 1.165) is 5.56 Å². The van der Waals surface area contributed by atoms with E-state index in [0.29, 0.717) is 5.56 Å². The topological polar surface area (TPSA) is 34.1 Å². The Morgan fingerprint density at radius 1 is 0.947 bits per heavy atom. The Labute approximate surface area is 112 Å². The van der Waals surface area contributed by atoms with Gasteiger partial charge in [0.25, 0.3) is 0 Å². The molecule has 0 spiro atoms. The fourth-order valence-electron chi connectivity index (χ4n) is 1.61. The van der Waals surface area contributed by atoms with E-state index in [2.05, 4.69) is 0 Å². The average molecular weight is 276 g/mol. The van der Waals surface area contributed by atoms with Crippen LogP contribution in [0.1, 0.15) is 11.1 Å². The van der Waals surface area contributed by atoms with Crippen molar-refractivity contribution in [3.8, 4) is 0 Å². The molecule has 0 aromatic heterocycles. The first-order chi connectivity index (χ1) is 9.05. The van der Waals surface area contributed by atoms with E-state index in [-0.39, 0.29) is 11.6 Å². The smallest absolute Gasteiger partial charge is 0.175 e. The van der Waals surface area contributed by atoms with E-state index < -0.39 is 9.84 Å². The van der Waals surface area contributed by atoms with Gasteiger partial charge in [-0.15, -0.1) is 0 Å². The molecule has 4 heteroatoms. The maximum Gasteiger partial charge on any atom is 0.175 e. The number of hydrogen-bond donors (Lipinski definition) is 0. The Kier molecular flexibility index (Phi) is 4.12. The van der Waals surface area contributed by atoms with E-state index in [1.165, 1.54) is 29.7 Å². The molecule has 0 aliphatic heterocycles. The highest BCUT2D eigenvalue weighted by atomic mass is 32.2. The van der Waals surface area contributed by atoms with Crippen LogP contribution in [0.15, 0.2) is 60.0 Å². The number of hydrogen-bond acceptors (Lipinski definition) is 2. The molecule has 2 rings (SSSR count). The Morgan fingerprint density at radius 2 is 1.58 bits per heavy atom. The fourth-order valence-corrected chi connectivity index (χ4v) is 2.73. The van der Waals surface area contributed by atoms with E-state index in [9.17, 15) is 12.8 Å². The van der Waals surface area contributed by atoms with Gasteiger partial charge in [0.1, 0.15) is 5.82 Å². The lowest BCUT2D eigenvalue weighted by Gasteiger charge is -2.00. The number of benzene rings is 2. The third kappa shape index (κ3) is 4.34. The largest absolute Gasteiger partial charge is 0.224 e. The van der Waals surface area contributed by atoms with Gasteiger partial charge < -0.3 is 0 Å². The van der Waals surface area contributed by atoms with Crippen molar-refractivity contribution < 1.29 is 12.8 Å². The van der Waals surface area contributed by atoms with Gasteiger partial charge in [0.15, 0.2) is 9.84 Å². The SMILES string of the molecule is O=S(=O)(/C=C\c1ccccc1)Cc1ccc(F)cc1. The highest BCUT2D eigenvalue weighted by Gasteiger charge is 2.07. The summed E-state index contributed by atoms with van der Waals surface area (Å²) in [5.41, 5.74) is 1.39. The monoisotopic (exact) mass is 276 g/mol. The molecule has 0 saturated heterocycles. The van der Waals surface area contributed by atoms with Gasteiger partial charge in [-0.3, -0.25) is 0 Å². The molecule has 2 nitrogen and oxygen atoms in total. The first kappa shape index (κ1) is 13.5. The van der Waals surface area contributed by atoms with E-state index >= 15 is 0 Å². The molecule has 0 bridgehead atoms. The number of sulfone groups is 1. The molecule has 0 fully saturated rings. The Hall–Kier alpha value is -1.94. The van der Waals surface area contributed by atoms with Gasteiger partial charge in [-0.05, 0) is 29.3 Å². The molecule has 0 N–H and O–H groups in total. The lowest BCUT2D eigenvalue weighted by molar-refractivity contribution is 0.603. The first-order valence-corrected chi connectivity index (χ1v) is 7.47. The summed E-state index contributed by atoms with van der Waals surface area (Å²) in [4.78, 5) is 0. The second-order valence-corrected chi connectivity index (χ2v) is 6.03. The van der Waals surface area contributed by atoms with Crippen LogP contribution in [-0.2, 0) is 15.6 Å². The zero-order chi connectivity index (χ0) is 13.7. The maximum absolute atomic E-state index is 12.7. The van der Waals surface area contributed by atoms with Crippen LogP contribution in [-0.4, -0.2) is 8.42 Å². The van der Waals surface area contributed by atoms with E-state index in [1.807, 2.05) is 30.3 Å². The summed E-state index contributed by atoms with van der Waals surface area (Å²) in [6, 6.07) is 14.7. The second kappa shape index (κ2) is 5.80. The summed E-state index contributed by atoms with van der Waals surface area (Å²) in [5.74, 6) is -0.502. The van der Waals surface area contributed by atoms with Crippen molar-refractivity contribution in [2.45, 2.75) is 5.75 Å². The Bertz CT molecular complexity index is 659. The number of rotatable bonds is 4. The van der Waals surface area contributed by atoms with Crippen molar-refractivity contribution in [2.24, 2.45) is 0 Å². The third-order valence-corrected chi connectivity index (χ3v) is 3.83. The minimum Gasteiger partial charge on any atom is -0.224 e. The quantitative estimate of drug-likeness (QED) is 0.857. The van der Waals surface area contributed by atoms with Crippen LogP contribution in [0.2, 0.25) is 0 Å². The molecule has 0 aliphatic rings. The highest BCUT2D eigenvalue weighted by molar-refractivity contribution is 7.93. The van der Waals surface area contributed by atoms with Crippen LogP contribution in [0.4, 0.5) is 4.39 Å². The lowest BCUT2D eigenvalue weighted by atomic mass is 10.2. The molecule has 0 amide bonds. The second-order valence-electron chi connectivity index (χ2n) is 4.15. The van der Waals surface area contributed by atoms with Crippen molar-refractivity contribution in [2.75, 3.05) is 0 Å². The van der Waals surface area contributed by atoms with Gasteiger partial charge in [-0.2, -0.15) is 0 Å². The van der Waals surface area contributed by atoms with Crippen molar-refractivity contribution >= 4 is 15.9 Å². The molecular formula is C15H13FO2S. The summed E-state index contributed by atoms with van der Waals surface area (Å²) in [5, 5.41) is 1.19. The zero-order valence-electron chi connectivity index (χ0n) is 10.2. The molecule has 0 heterocycles. The summed E-state index contributed by atoms with van der Waals surface area (Å²) >= 11 is 0. The maximum atomic E-state index is 12.7. The van der Waals surface area contributed by atoms with Crippen molar-refractivity contribution in [3.63, 3.8) is 0 Å². The van der Waals surface area contributed by atoms with Crippen LogP contribution < -0.4 is 0 Å². The van der Waals surface area contributed by atoms with Crippen molar-refractivity contribution in [1.29, 1.82) is 0 Å². The van der Waals surface area contributed by atoms with Gasteiger partial charge in [0.05, 0.1) is 5.75 Å². The minimum atomic E-state index is -3.35. The van der Waals surface area contributed by atoms with Crippen LogP contribution in [0.5, 0.6) is 0 Å². The van der Waals surface area contributed by atoms with Crippen LogP contribution in [0.3, 0.4) is 0 Å². The standard InChI is InChI=1S/C15H13FO2S/c16-15-8-6-14(7-9-15)12-19(17,18)11-10-13-4-2-1-3-5-13/h1-11H,12H2/b11-10-. The van der Waals surface area contributed by atoms with E-state index in [1.54, 1.807) is 6.08 Å². The summed E-state index contributed by atoms with van der Waals surface area (Å²) in [6.45, 7) is 0. The predicted octanol–water partition coefficient (Wildman–Crippen LogP) is 3.41.